The molecule has 0 aliphatic heterocycles. The number of hydrogen-bond acceptors (Lipinski definition) is 2. The van der Waals surface area contributed by atoms with Crippen LogP contribution in [0.3, 0.4) is 0 Å². The second-order valence-electron chi connectivity index (χ2n) is 4.35. The summed E-state index contributed by atoms with van der Waals surface area (Å²) in [5, 5.41) is 3.84. The van der Waals surface area contributed by atoms with Crippen LogP contribution in [0.5, 0.6) is 0 Å². The molecular weight excluding hydrogens is 273 g/mol. The van der Waals surface area contributed by atoms with Gasteiger partial charge in [0, 0.05) is 11.3 Å². The minimum absolute atomic E-state index is 0.000311. The quantitative estimate of drug-likeness (QED) is 0.828. The Bertz CT molecular complexity index is 602. The zero-order chi connectivity index (χ0) is 14.2. The van der Waals surface area contributed by atoms with Gasteiger partial charge >= 0.3 is 6.18 Å². The van der Waals surface area contributed by atoms with Crippen molar-refractivity contribution in [2.24, 2.45) is 0 Å². The Morgan fingerprint density at radius 1 is 1.21 bits per heavy atom. The molecule has 0 N–H and O–H groups in total. The van der Waals surface area contributed by atoms with Crippen LogP contribution in [0.25, 0.3) is 5.69 Å². The first-order valence-corrected chi connectivity index (χ1v) is 6.30. The molecule has 0 unspecified atom stereocenters. The van der Waals surface area contributed by atoms with Gasteiger partial charge in [-0.1, -0.05) is 6.07 Å². The lowest BCUT2D eigenvalue weighted by molar-refractivity contribution is -0.143. The van der Waals surface area contributed by atoms with E-state index in [-0.39, 0.29) is 11.3 Å². The van der Waals surface area contributed by atoms with Crippen molar-refractivity contribution in [2.45, 2.75) is 25.8 Å². The second-order valence-corrected chi connectivity index (χ2v) is 4.67. The number of benzene rings is 1. The van der Waals surface area contributed by atoms with E-state index >= 15 is 0 Å². The average molecular weight is 286 g/mol. The lowest BCUT2D eigenvalue weighted by Gasteiger charge is -2.13. The van der Waals surface area contributed by atoms with Gasteiger partial charge in [0.15, 0.2) is 5.69 Å². The number of alkyl halides is 3. The highest BCUT2D eigenvalue weighted by Gasteiger charge is 2.38. The molecule has 1 aromatic carbocycles. The SMILES string of the molecule is Cc1ccc(-n2ncc(CS)c2C(F)(F)F)cc1C. The molecule has 1 aromatic heterocycles. The first-order valence-electron chi connectivity index (χ1n) is 5.67. The summed E-state index contributed by atoms with van der Waals surface area (Å²) in [5.74, 6) is -0.000311. The largest absolute Gasteiger partial charge is 0.433 e. The number of aryl methyl sites for hydroxylation is 2. The van der Waals surface area contributed by atoms with Crippen LogP contribution in [0.2, 0.25) is 0 Å². The molecule has 0 saturated heterocycles. The highest BCUT2D eigenvalue weighted by atomic mass is 32.1. The molecular formula is C13H13F3N2S. The van der Waals surface area contributed by atoms with Gasteiger partial charge in [-0.2, -0.15) is 30.9 Å². The van der Waals surface area contributed by atoms with E-state index in [1.807, 2.05) is 13.8 Å². The molecule has 0 amide bonds. The number of rotatable bonds is 2. The highest BCUT2D eigenvalue weighted by molar-refractivity contribution is 7.79. The lowest BCUT2D eigenvalue weighted by Crippen LogP contribution is -2.15. The van der Waals surface area contributed by atoms with Crippen molar-refractivity contribution in [2.75, 3.05) is 0 Å². The van der Waals surface area contributed by atoms with E-state index in [9.17, 15) is 13.2 Å². The fourth-order valence-electron chi connectivity index (χ4n) is 1.85. The number of aromatic nitrogens is 2. The van der Waals surface area contributed by atoms with Crippen molar-refractivity contribution < 1.29 is 13.2 Å². The molecule has 0 atom stereocenters. The van der Waals surface area contributed by atoms with E-state index in [0.717, 1.165) is 15.8 Å². The van der Waals surface area contributed by atoms with Gasteiger partial charge in [0.25, 0.3) is 0 Å². The van der Waals surface area contributed by atoms with Crippen molar-refractivity contribution in [3.8, 4) is 5.69 Å². The van der Waals surface area contributed by atoms with Crippen molar-refractivity contribution in [1.82, 2.24) is 9.78 Å². The minimum Gasteiger partial charge on any atom is -0.228 e. The second kappa shape index (κ2) is 4.92. The normalized spacial score (nSPS) is 11.9. The van der Waals surface area contributed by atoms with Crippen molar-refractivity contribution >= 4 is 12.6 Å². The van der Waals surface area contributed by atoms with Crippen LogP contribution in [0.15, 0.2) is 24.4 Å². The van der Waals surface area contributed by atoms with Crippen molar-refractivity contribution in [3.05, 3.63) is 46.8 Å². The Balaban J connectivity index is 2.62. The third-order valence-electron chi connectivity index (χ3n) is 3.02. The molecule has 2 nitrogen and oxygen atoms in total. The zero-order valence-corrected chi connectivity index (χ0v) is 11.4. The van der Waals surface area contributed by atoms with Gasteiger partial charge in [0.05, 0.1) is 11.9 Å². The van der Waals surface area contributed by atoms with Gasteiger partial charge in [-0.05, 0) is 37.1 Å². The number of halogens is 3. The Labute approximate surface area is 114 Å². The van der Waals surface area contributed by atoms with Crippen LogP contribution >= 0.6 is 12.6 Å². The summed E-state index contributed by atoms with van der Waals surface area (Å²) in [7, 11) is 0. The molecule has 6 heteroatoms. The Kier molecular flexibility index (Phi) is 3.62. The predicted molar refractivity (Wildman–Crippen MR) is 70.7 cm³/mol. The Hall–Kier alpha value is -1.43. The van der Waals surface area contributed by atoms with Crippen LogP contribution in [-0.4, -0.2) is 9.78 Å². The summed E-state index contributed by atoms with van der Waals surface area (Å²) >= 11 is 3.92. The summed E-state index contributed by atoms with van der Waals surface area (Å²) in [5.41, 5.74) is 1.68. The summed E-state index contributed by atoms with van der Waals surface area (Å²) in [6, 6.07) is 5.11. The van der Waals surface area contributed by atoms with Crippen LogP contribution in [0.1, 0.15) is 22.4 Å². The van der Waals surface area contributed by atoms with Crippen LogP contribution < -0.4 is 0 Å². The average Bonchev–Trinajstić information content (AvgIpc) is 2.76. The van der Waals surface area contributed by atoms with Gasteiger partial charge in [-0.3, -0.25) is 0 Å². The highest BCUT2D eigenvalue weighted by Crippen LogP contribution is 2.34. The molecule has 0 fully saturated rings. The topological polar surface area (TPSA) is 17.8 Å². The molecule has 0 aliphatic rings. The first-order chi connectivity index (χ1) is 8.84. The fraction of sp³-hybridized carbons (Fsp3) is 0.308. The van der Waals surface area contributed by atoms with Gasteiger partial charge in [-0.25, -0.2) is 4.68 Å². The molecule has 0 spiro atoms. The molecule has 2 rings (SSSR count). The van der Waals surface area contributed by atoms with Gasteiger partial charge in [-0.15, -0.1) is 0 Å². The first kappa shape index (κ1) is 14.0. The van der Waals surface area contributed by atoms with E-state index in [4.69, 9.17) is 0 Å². The van der Waals surface area contributed by atoms with E-state index in [0.29, 0.717) is 5.69 Å². The number of hydrogen-bond donors (Lipinski definition) is 1. The van der Waals surface area contributed by atoms with E-state index < -0.39 is 11.9 Å². The maximum atomic E-state index is 13.1. The van der Waals surface area contributed by atoms with Crippen molar-refractivity contribution in [3.63, 3.8) is 0 Å². The standard InChI is InChI=1S/C13H13F3N2S/c1-8-3-4-11(5-9(8)2)18-12(13(14,15)16)10(7-19)6-17-18/h3-6,19H,7H2,1-2H3. The predicted octanol–water partition coefficient (Wildman–Crippen LogP) is 3.94. The van der Waals surface area contributed by atoms with E-state index in [1.165, 1.54) is 6.20 Å². The molecule has 2 aromatic rings. The van der Waals surface area contributed by atoms with Gasteiger partial charge < -0.3 is 0 Å². The van der Waals surface area contributed by atoms with E-state index in [2.05, 4.69) is 17.7 Å². The summed E-state index contributed by atoms with van der Waals surface area (Å²) in [6.45, 7) is 3.77. The fourth-order valence-corrected chi connectivity index (χ4v) is 2.08. The van der Waals surface area contributed by atoms with Crippen molar-refractivity contribution in [1.29, 1.82) is 0 Å². The molecule has 0 aliphatic carbocycles. The molecule has 0 bridgehead atoms. The third kappa shape index (κ3) is 2.63. The van der Waals surface area contributed by atoms with Crippen LogP contribution in [0, 0.1) is 13.8 Å². The molecule has 102 valence electrons. The van der Waals surface area contributed by atoms with Crippen LogP contribution in [0.4, 0.5) is 13.2 Å². The Morgan fingerprint density at radius 2 is 1.89 bits per heavy atom. The Morgan fingerprint density at radius 3 is 2.42 bits per heavy atom. The molecule has 0 saturated carbocycles. The van der Waals surface area contributed by atoms with Gasteiger partial charge in [0.1, 0.15) is 0 Å². The smallest absolute Gasteiger partial charge is 0.228 e. The number of thiol groups is 1. The summed E-state index contributed by atoms with van der Waals surface area (Å²) < 4.78 is 40.2. The summed E-state index contributed by atoms with van der Waals surface area (Å²) in [4.78, 5) is 0. The molecule has 0 radical (unpaired) electrons. The minimum atomic E-state index is -4.45. The molecule has 1 heterocycles. The van der Waals surface area contributed by atoms with E-state index in [1.54, 1.807) is 18.2 Å². The third-order valence-corrected chi connectivity index (χ3v) is 3.36. The monoisotopic (exact) mass is 286 g/mol. The lowest BCUT2D eigenvalue weighted by atomic mass is 10.1. The number of nitrogens with zero attached hydrogens (tertiary/aromatic N) is 2. The summed E-state index contributed by atoms with van der Waals surface area (Å²) in [6.07, 6.45) is -3.24. The maximum Gasteiger partial charge on any atom is 0.433 e. The van der Waals surface area contributed by atoms with Crippen LogP contribution in [-0.2, 0) is 11.9 Å². The molecule has 19 heavy (non-hydrogen) atoms. The zero-order valence-electron chi connectivity index (χ0n) is 10.5. The maximum absolute atomic E-state index is 13.1. The van der Waals surface area contributed by atoms with Gasteiger partial charge in [0.2, 0.25) is 0 Å².